The Morgan fingerprint density at radius 2 is 1.77 bits per heavy atom. The van der Waals surface area contributed by atoms with Gasteiger partial charge in [0.15, 0.2) is 5.13 Å². The molecule has 0 spiro atoms. The number of ether oxygens (including phenoxy) is 2. The molecule has 31 heavy (non-hydrogen) atoms. The van der Waals surface area contributed by atoms with Crippen molar-refractivity contribution in [1.82, 2.24) is 4.98 Å². The van der Waals surface area contributed by atoms with Gasteiger partial charge in [0.25, 0.3) is 5.91 Å². The maximum absolute atomic E-state index is 12.7. The van der Waals surface area contributed by atoms with E-state index >= 15 is 0 Å². The van der Waals surface area contributed by atoms with E-state index in [1.807, 2.05) is 13.8 Å². The lowest BCUT2D eigenvalue weighted by Gasteiger charge is -2.14. The van der Waals surface area contributed by atoms with Gasteiger partial charge in [-0.3, -0.25) is 14.7 Å². The van der Waals surface area contributed by atoms with Crippen LogP contribution in [-0.4, -0.2) is 26.8 Å². The minimum absolute atomic E-state index is 0.116. The minimum atomic E-state index is -4.34. The highest BCUT2D eigenvalue weighted by Crippen LogP contribution is 2.35. The first-order valence-corrected chi connectivity index (χ1v) is 11.9. The van der Waals surface area contributed by atoms with Crippen molar-refractivity contribution in [3.63, 3.8) is 0 Å². The van der Waals surface area contributed by atoms with Gasteiger partial charge in [0.1, 0.15) is 21.6 Å². The molecular formula is C20H20ClN2O6PS. The van der Waals surface area contributed by atoms with Crippen LogP contribution in [-0.2, 0) is 4.57 Å². The molecule has 1 amide bonds. The number of rotatable bonds is 7. The molecule has 164 valence electrons. The van der Waals surface area contributed by atoms with Crippen LogP contribution in [0.15, 0.2) is 42.5 Å². The van der Waals surface area contributed by atoms with Gasteiger partial charge in [0, 0.05) is 11.6 Å². The van der Waals surface area contributed by atoms with Gasteiger partial charge in [0.05, 0.1) is 17.1 Å². The van der Waals surface area contributed by atoms with Crippen LogP contribution in [0.2, 0.25) is 4.34 Å². The summed E-state index contributed by atoms with van der Waals surface area (Å²) in [7, 11) is -4.34. The van der Waals surface area contributed by atoms with E-state index in [1.165, 1.54) is 30.3 Å². The highest BCUT2D eigenvalue weighted by molar-refractivity contribution is 7.60. The van der Waals surface area contributed by atoms with Gasteiger partial charge >= 0.3 is 7.60 Å². The van der Waals surface area contributed by atoms with Crippen LogP contribution >= 0.6 is 30.5 Å². The van der Waals surface area contributed by atoms with E-state index in [0.717, 1.165) is 11.3 Å². The van der Waals surface area contributed by atoms with Crippen molar-refractivity contribution in [2.24, 2.45) is 0 Å². The van der Waals surface area contributed by atoms with Gasteiger partial charge in [-0.25, -0.2) is 4.98 Å². The minimum Gasteiger partial charge on any atom is -0.491 e. The van der Waals surface area contributed by atoms with Crippen LogP contribution in [0.25, 0.3) is 0 Å². The average molecular weight is 483 g/mol. The topological polar surface area (TPSA) is 118 Å². The molecule has 0 unspecified atom stereocenters. The third kappa shape index (κ3) is 6.29. The summed E-state index contributed by atoms with van der Waals surface area (Å²) in [6.07, 6.45) is -0.130. The Morgan fingerprint density at radius 1 is 1.13 bits per heavy atom. The van der Waals surface area contributed by atoms with E-state index in [9.17, 15) is 19.1 Å². The number of carbonyl (C=O) groups excluding carboxylic acids is 1. The first kappa shape index (κ1) is 23.2. The number of anilines is 1. The van der Waals surface area contributed by atoms with Crippen molar-refractivity contribution >= 4 is 46.9 Å². The summed E-state index contributed by atoms with van der Waals surface area (Å²) in [5, 5.41) is 2.96. The third-order valence-electron chi connectivity index (χ3n) is 3.88. The van der Waals surface area contributed by atoms with Crippen LogP contribution in [0.3, 0.4) is 0 Å². The maximum Gasteiger partial charge on any atom is 0.356 e. The van der Waals surface area contributed by atoms with E-state index < -0.39 is 13.5 Å². The van der Waals surface area contributed by atoms with Crippen molar-refractivity contribution in [2.75, 3.05) is 5.32 Å². The summed E-state index contributed by atoms with van der Waals surface area (Å²) in [6, 6.07) is 10.2. The molecule has 1 aromatic heterocycles. The zero-order chi connectivity index (χ0) is 22.8. The number of aryl methyl sites for hydroxylation is 1. The lowest BCUT2D eigenvalue weighted by molar-refractivity contribution is 0.102. The molecule has 0 aliphatic rings. The smallest absolute Gasteiger partial charge is 0.356 e. The molecule has 3 rings (SSSR count). The van der Waals surface area contributed by atoms with Crippen LogP contribution < -0.4 is 20.1 Å². The summed E-state index contributed by atoms with van der Waals surface area (Å²) >= 11 is 7.17. The summed E-state index contributed by atoms with van der Waals surface area (Å²) in [5.41, 5.74) is 0.908. The number of nitrogens with zero attached hydrogens (tertiary/aromatic N) is 1. The second kappa shape index (κ2) is 9.38. The van der Waals surface area contributed by atoms with Crippen molar-refractivity contribution in [1.29, 1.82) is 0 Å². The summed E-state index contributed by atoms with van der Waals surface area (Å²) in [4.78, 5) is 35.4. The number of nitrogens with one attached hydrogen (secondary N) is 1. The number of carbonyl (C=O) groups is 1. The molecule has 0 fully saturated rings. The van der Waals surface area contributed by atoms with E-state index in [1.54, 1.807) is 19.1 Å². The van der Waals surface area contributed by atoms with Crippen LogP contribution in [0.4, 0.5) is 5.13 Å². The number of aromatic nitrogens is 1. The van der Waals surface area contributed by atoms with E-state index in [-0.39, 0.29) is 17.0 Å². The zero-order valence-electron chi connectivity index (χ0n) is 16.8. The van der Waals surface area contributed by atoms with Crippen molar-refractivity contribution in [3.8, 4) is 17.2 Å². The van der Waals surface area contributed by atoms with Gasteiger partial charge in [-0.1, -0.05) is 22.9 Å². The van der Waals surface area contributed by atoms with E-state index in [2.05, 4.69) is 10.3 Å². The van der Waals surface area contributed by atoms with Gasteiger partial charge < -0.3 is 19.3 Å². The molecule has 8 nitrogen and oxygen atoms in total. The van der Waals surface area contributed by atoms with Crippen molar-refractivity contribution in [2.45, 2.75) is 26.9 Å². The molecule has 3 aromatic rings. The summed E-state index contributed by atoms with van der Waals surface area (Å²) in [5.74, 6) is 0.673. The molecule has 0 radical (unpaired) electrons. The Bertz CT molecular complexity index is 1120. The first-order valence-electron chi connectivity index (χ1n) is 9.11. The van der Waals surface area contributed by atoms with E-state index in [0.29, 0.717) is 32.4 Å². The van der Waals surface area contributed by atoms with Crippen molar-refractivity contribution < 1.29 is 28.6 Å². The fourth-order valence-electron chi connectivity index (χ4n) is 2.55. The number of hydrogen-bond acceptors (Lipinski definition) is 6. The number of benzene rings is 2. The molecule has 0 saturated heterocycles. The predicted octanol–water partition coefficient (Wildman–Crippen LogP) is 4.74. The average Bonchev–Trinajstić information content (AvgIpc) is 2.97. The number of amides is 1. The molecule has 3 N–H and O–H groups in total. The fourth-order valence-corrected chi connectivity index (χ4v) is 4.04. The standard InChI is InChI=1S/C20H20ClN2O6PS/c1-11(2)28-15-8-13(19(24)23-20-22-12(3)18(21)31-20)9-16(10-15)29-14-4-6-17(7-5-14)30(25,26)27/h4-11H,1-3H3,(H,22,23,24)(H2,25,26,27). The maximum atomic E-state index is 12.7. The highest BCUT2D eigenvalue weighted by Gasteiger charge is 2.17. The van der Waals surface area contributed by atoms with Gasteiger partial charge in [-0.15, -0.1) is 0 Å². The number of hydrogen-bond donors (Lipinski definition) is 3. The normalized spacial score (nSPS) is 11.5. The molecule has 0 saturated carbocycles. The Morgan fingerprint density at radius 3 is 2.32 bits per heavy atom. The van der Waals surface area contributed by atoms with Crippen LogP contribution in [0.1, 0.15) is 29.9 Å². The van der Waals surface area contributed by atoms with Crippen molar-refractivity contribution in [3.05, 3.63) is 58.1 Å². The Balaban J connectivity index is 1.87. The molecule has 0 aliphatic heterocycles. The van der Waals surface area contributed by atoms with Crippen LogP contribution in [0, 0.1) is 6.92 Å². The zero-order valence-corrected chi connectivity index (χ0v) is 19.3. The summed E-state index contributed by atoms with van der Waals surface area (Å²) in [6.45, 7) is 5.46. The summed E-state index contributed by atoms with van der Waals surface area (Å²) < 4.78 is 23.3. The highest BCUT2D eigenvalue weighted by atomic mass is 35.5. The Hall–Kier alpha value is -2.42. The Kier molecular flexibility index (Phi) is 7.03. The lowest BCUT2D eigenvalue weighted by Crippen LogP contribution is -2.13. The number of thiazole rings is 1. The molecule has 2 aromatic carbocycles. The third-order valence-corrected chi connectivity index (χ3v) is 6.22. The van der Waals surface area contributed by atoms with E-state index in [4.69, 9.17) is 21.1 Å². The molecule has 0 aliphatic carbocycles. The second-order valence-electron chi connectivity index (χ2n) is 6.83. The molecule has 0 atom stereocenters. The van der Waals surface area contributed by atoms with Gasteiger partial charge in [0.2, 0.25) is 0 Å². The molecule has 11 heteroatoms. The molecule has 1 heterocycles. The fraction of sp³-hybridized carbons (Fsp3) is 0.200. The van der Waals surface area contributed by atoms with Gasteiger partial charge in [-0.2, -0.15) is 0 Å². The quantitative estimate of drug-likeness (QED) is 0.416. The monoisotopic (exact) mass is 482 g/mol. The largest absolute Gasteiger partial charge is 0.491 e. The molecule has 0 bridgehead atoms. The van der Waals surface area contributed by atoms with Crippen LogP contribution in [0.5, 0.6) is 17.2 Å². The molecular weight excluding hydrogens is 463 g/mol. The predicted molar refractivity (Wildman–Crippen MR) is 120 cm³/mol. The Labute approximate surface area is 188 Å². The lowest BCUT2D eigenvalue weighted by atomic mass is 10.2. The second-order valence-corrected chi connectivity index (χ2v) is 10.0. The number of halogens is 1. The first-order chi connectivity index (χ1) is 14.5. The SMILES string of the molecule is Cc1nc(NC(=O)c2cc(Oc3ccc(P(=O)(O)O)cc3)cc(OC(C)C)c2)sc1Cl. The van der Waals surface area contributed by atoms with Gasteiger partial charge in [-0.05, 0) is 57.2 Å².